The number of hydrogen-bond donors (Lipinski definition) is 1. The van der Waals surface area contributed by atoms with Gasteiger partial charge in [-0.05, 0) is 42.8 Å². The summed E-state index contributed by atoms with van der Waals surface area (Å²) in [5.74, 6) is -3.30. The van der Waals surface area contributed by atoms with E-state index in [4.69, 9.17) is 9.47 Å². The number of ether oxygens (including phenoxy) is 2. The van der Waals surface area contributed by atoms with Crippen molar-refractivity contribution < 1.29 is 23.9 Å². The lowest BCUT2D eigenvalue weighted by molar-refractivity contribution is -0.149. The molecule has 1 N–H and O–H groups in total. The van der Waals surface area contributed by atoms with E-state index >= 15 is 0 Å². The minimum Gasteiger partial charge on any atom is -0.468 e. The molecule has 166 valence electrons. The highest BCUT2D eigenvalue weighted by molar-refractivity contribution is 7.10. The molecule has 7 heteroatoms. The molecule has 0 saturated carbocycles. The summed E-state index contributed by atoms with van der Waals surface area (Å²) in [4.78, 5) is 40.6. The van der Waals surface area contributed by atoms with E-state index in [1.165, 1.54) is 25.6 Å². The van der Waals surface area contributed by atoms with Crippen molar-refractivity contribution in [3.63, 3.8) is 0 Å². The largest absolute Gasteiger partial charge is 0.468 e. The summed E-state index contributed by atoms with van der Waals surface area (Å²) in [5, 5.41) is 5.23. The number of thiophene rings is 1. The minimum atomic E-state index is -0.969. The van der Waals surface area contributed by atoms with Gasteiger partial charge in [0.1, 0.15) is 5.92 Å². The van der Waals surface area contributed by atoms with Crippen LogP contribution < -0.4 is 5.32 Å². The maximum absolute atomic E-state index is 14.0. The van der Waals surface area contributed by atoms with Crippen molar-refractivity contribution in [1.29, 1.82) is 0 Å². The number of ketones is 1. The zero-order chi connectivity index (χ0) is 23.0. The second-order valence-electron chi connectivity index (χ2n) is 8.03. The quantitative estimate of drug-likeness (QED) is 0.559. The highest BCUT2D eigenvalue weighted by Crippen LogP contribution is 2.49. The summed E-state index contributed by atoms with van der Waals surface area (Å²) in [6.07, 6.45) is 0.468. The van der Waals surface area contributed by atoms with Crippen LogP contribution >= 0.6 is 11.3 Å². The maximum atomic E-state index is 14.0. The Bertz CT molecular complexity index is 1140. The predicted molar refractivity (Wildman–Crippen MR) is 121 cm³/mol. The Hall–Kier alpha value is -3.19. The first-order valence-electron chi connectivity index (χ1n) is 10.4. The molecular formula is C25H25NO5S. The fourth-order valence-electron chi connectivity index (χ4n) is 4.80. The monoisotopic (exact) mass is 451 g/mol. The van der Waals surface area contributed by atoms with Gasteiger partial charge < -0.3 is 14.8 Å². The van der Waals surface area contributed by atoms with E-state index in [0.29, 0.717) is 23.3 Å². The van der Waals surface area contributed by atoms with Crippen LogP contribution in [-0.2, 0) is 23.9 Å². The van der Waals surface area contributed by atoms with Crippen LogP contribution in [0.15, 0.2) is 64.3 Å². The van der Waals surface area contributed by atoms with E-state index in [-0.39, 0.29) is 11.7 Å². The molecule has 1 aromatic carbocycles. The van der Waals surface area contributed by atoms with E-state index in [9.17, 15) is 14.4 Å². The van der Waals surface area contributed by atoms with Gasteiger partial charge in [0.25, 0.3) is 0 Å². The van der Waals surface area contributed by atoms with Gasteiger partial charge in [-0.25, -0.2) is 4.79 Å². The van der Waals surface area contributed by atoms with Crippen LogP contribution in [0.5, 0.6) is 0 Å². The van der Waals surface area contributed by atoms with Gasteiger partial charge in [-0.2, -0.15) is 0 Å². The Morgan fingerprint density at radius 2 is 1.81 bits per heavy atom. The van der Waals surface area contributed by atoms with Crippen LogP contribution in [0.2, 0.25) is 0 Å². The zero-order valence-electron chi connectivity index (χ0n) is 18.4. The number of hydrogen-bond acceptors (Lipinski definition) is 7. The Balaban J connectivity index is 1.93. The molecule has 0 saturated heterocycles. The fraction of sp³-hybridized carbons (Fsp3) is 0.320. The SMILES string of the molecule is COC(=O)C1=C(C)NC2=C(C(=O)[C@@H](C(=O)OC)[C@H](c3cccs3)C2)[C@@H]1c1ccccc1C. The smallest absolute Gasteiger partial charge is 0.336 e. The van der Waals surface area contributed by atoms with Crippen LogP contribution in [0.1, 0.15) is 41.2 Å². The van der Waals surface area contributed by atoms with E-state index < -0.39 is 23.8 Å². The van der Waals surface area contributed by atoms with Crippen LogP contribution in [0, 0.1) is 12.8 Å². The summed E-state index contributed by atoms with van der Waals surface area (Å²) in [5.41, 5.74) is 4.00. The van der Waals surface area contributed by atoms with Gasteiger partial charge in [-0.1, -0.05) is 30.3 Å². The molecule has 0 radical (unpaired) electrons. The normalized spacial score (nSPS) is 22.9. The molecule has 1 aliphatic carbocycles. The van der Waals surface area contributed by atoms with Gasteiger partial charge in [0, 0.05) is 33.7 Å². The molecule has 0 spiro atoms. The summed E-state index contributed by atoms with van der Waals surface area (Å²) in [6.45, 7) is 3.76. The Labute approximate surface area is 190 Å². The molecule has 32 heavy (non-hydrogen) atoms. The molecule has 2 aromatic rings. The average molecular weight is 452 g/mol. The Morgan fingerprint density at radius 1 is 1.06 bits per heavy atom. The van der Waals surface area contributed by atoms with Crippen molar-refractivity contribution in [3.8, 4) is 0 Å². The first-order valence-corrected chi connectivity index (χ1v) is 11.3. The molecule has 0 amide bonds. The molecule has 2 heterocycles. The Kier molecular flexibility index (Phi) is 6.02. The van der Waals surface area contributed by atoms with E-state index in [2.05, 4.69) is 5.32 Å². The topological polar surface area (TPSA) is 81.7 Å². The summed E-state index contributed by atoms with van der Waals surface area (Å²) >= 11 is 1.52. The predicted octanol–water partition coefficient (Wildman–Crippen LogP) is 3.99. The maximum Gasteiger partial charge on any atom is 0.336 e. The lowest BCUT2D eigenvalue weighted by Crippen LogP contribution is -2.43. The second kappa shape index (κ2) is 8.74. The van der Waals surface area contributed by atoms with Crippen molar-refractivity contribution in [3.05, 3.63) is 80.3 Å². The summed E-state index contributed by atoms with van der Waals surface area (Å²) in [6, 6.07) is 11.5. The molecule has 0 bridgehead atoms. The van der Waals surface area contributed by atoms with Gasteiger partial charge in [0.2, 0.25) is 0 Å². The van der Waals surface area contributed by atoms with Crippen molar-refractivity contribution in [1.82, 2.24) is 5.32 Å². The third kappa shape index (κ3) is 3.56. The number of nitrogens with one attached hydrogen (secondary N) is 1. The number of methoxy groups -OCH3 is 2. The molecule has 0 fully saturated rings. The van der Waals surface area contributed by atoms with Crippen molar-refractivity contribution in [2.45, 2.75) is 32.1 Å². The Morgan fingerprint density at radius 3 is 2.44 bits per heavy atom. The van der Waals surface area contributed by atoms with Gasteiger partial charge in [0.05, 0.1) is 19.8 Å². The van der Waals surface area contributed by atoms with Gasteiger partial charge >= 0.3 is 11.9 Å². The molecule has 1 aliphatic heterocycles. The number of allylic oxidation sites excluding steroid dienone is 3. The zero-order valence-corrected chi connectivity index (χ0v) is 19.2. The van der Waals surface area contributed by atoms with Crippen molar-refractivity contribution in [2.24, 2.45) is 5.92 Å². The number of rotatable bonds is 4. The van der Waals surface area contributed by atoms with Gasteiger partial charge in [0.15, 0.2) is 5.78 Å². The molecule has 2 aliphatic rings. The first kappa shape index (κ1) is 22.0. The number of carbonyl (C=O) groups is 3. The minimum absolute atomic E-state index is 0.314. The number of carbonyl (C=O) groups excluding carboxylic acids is 3. The summed E-state index contributed by atoms with van der Waals surface area (Å²) < 4.78 is 10.1. The second-order valence-corrected chi connectivity index (χ2v) is 9.01. The van der Waals surface area contributed by atoms with E-state index in [0.717, 1.165) is 21.7 Å². The molecule has 0 unspecified atom stereocenters. The van der Waals surface area contributed by atoms with Crippen LogP contribution in [-0.4, -0.2) is 31.9 Å². The number of esters is 2. The number of Topliss-reactive ketones (excluding diaryl/α,β-unsaturated/α-hetero) is 1. The van der Waals surface area contributed by atoms with Crippen molar-refractivity contribution >= 4 is 29.1 Å². The van der Waals surface area contributed by atoms with Crippen LogP contribution in [0.25, 0.3) is 0 Å². The fourth-order valence-corrected chi connectivity index (χ4v) is 5.67. The average Bonchev–Trinajstić information content (AvgIpc) is 3.32. The highest BCUT2D eigenvalue weighted by atomic mass is 32.1. The van der Waals surface area contributed by atoms with E-state index in [1.54, 1.807) is 0 Å². The number of aryl methyl sites for hydroxylation is 1. The van der Waals surface area contributed by atoms with Crippen LogP contribution in [0.3, 0.4) is 0 Å². The molecule has 4 rings (SSSR count). The third-order valence-corrected chi connectivity index (χ3v) is 7.29. The molecule has 1 aromatic heterocycles. The summed E-state index contributed by atoms with van der Waals surface area (Å²) in [7, 11) is 2.63. The molecule has 3 atom stereocenters. The highest BCUT2D eigenvalue weighted by Gasteiger charge is 2.49. The van der Waals surface area contributed by atoms with Gasteiger partial charge in [-0.15, -0.1) is 11.3 Å². The molecule has 6 nitrogen and oxygen atoms in total. The number of dihydropyridines is 1. The lowest BCUT2D eigenvalue weighted by atomic mass is 9.68. The lowest BCUT2D eigenvalue weighted by Gasteiger charge is -2.39. The first-order chi connectivity index (χ1) is 15.4. The van der Waals surface area contributed by atoms with Crippen molar-refractivity contribution in [2.75, 3.05) is 14.2 Å². The van der Waals surface area contributed by atoms with Crippen LogP contribution in [0.4, 0.5) is 0 Å². The molecular weight excluding hydrogens is 426 g/mol. The number of benzene rings is 1. The standard InChI is InChI=1S/C25H25NO5S/c1-13-8-5-6-9-15(13)20-19(24(28)30-3)14(2)26-17-12-16(18-10-7-11-32-18)21(25(29)31-4)23(27)22(17)20/h5-11,16,20-21,26H,12H2,1-4H3/t16-,20+,21-/m0/s1. The van der Waals surface area contributed by atoms with E-state index in [1.807, 2.05) is 55.6 Å². The third-order valence-electron chi connectivity index (χ3n) is 6.29. The van der Waals surface area contributed by atoms with Gasteiger partial charge in [-0.3, -0.25) is 9.59 Å².